The lowest BCUT2D eigenvalue weighted by Crippen LogP contribution is -2.21. The second kappa shape index (κ2) is 7.48. The molecule has 1 atom stereocenters. The molecular weight excluding hydrogens is 282 g/mol. The molecule has 0 amide bonds. The largest absolute Gasteiger partial charge is 0.457 e. The van der Waals surface area contributed by atoms with Gasteiger partial charge in [0.05, 0.1) is 0 Å². The van der Waals surface area contributed by atoms with E-state index in [1.54, 1.807) is 0 Å². The van der Waals surface area contributed by atoms with Crippen LogP contribution >= 0.6 is 11.6 Å². The quantitative estimate of drug-likeness (QED) is 0.817. The number of rotatable bonds is 6. The zero-order valence-electron chi connectivity index (χ0n) is 12.6. The fraction of sp³-hybridized carbons (Fsp3) is 0.333. The normalized spacial score (nSPS) is 12.2. The summed E-state index contributed by atoms with van der Waals surface area (Å²) in [6.07, 6.45) is 2.73. The van der Waals surface area contributed by atoms with Crippen molar-refractivity contribution in [2.45, 2.75) is 39.2 Å². The fourth-order valence-corrected chi connectivity index (χ4v) is 2.46. The maximum atomic E-state index is 6.13. The van der Waals surface area contributed by atoms with Crippen molar-refractivity contribution in [2.24, 2.45) is 5.73 Å². The number of nitrogens with two attached hydrogens (primary N) is 1. The van der Waals surface area contributed by atoms with Gasteiger partial charge in [-0.1, -0.05) is 37.6 Å². The van der Waals surface area contributed by atoms with Crippen molar-refractivity contribution in [1.29, 1.82) is 0 Å². The summed E-state index contributed by atoms with van der Waals surface area (Å²) in [6.45, 7) is 4.18. The summed E-state index contributed by atoms with van der Waals surface area (Å²) in [5.74, 6) is 1.65. The Hall–Kier alpha value is -1.51. The molecule has 0 aliphatic rings. The second-order valence-corrected chi connectivity index (χ2v) is 5.64. The smallest absolute Gasteiger partial charge is 0.127 e. The molecule has 0 saturated heterocycles. The highest BCUT2D eigenvalue weighted by Crippen LogP contribution is 2.27. The summed E-state index contributed by atoms with van der Waals surface area (Å²) in [4.78, 5) is 0. The number of halogens is 1. The van der Waals surface area contributed by atoms with Gasteiger partial charge in [-0.05, 0) is 60.7 Å². The first-order valence-electron chi connectivity index (χ1n) is 7.43. The van der Waals surface area contributed by atoms with Crippen molar-refractivity contribution in [3.05, 3.63) is 58.6 Å². The van der Waals surface area contributed by atoms with E-state index in [1.807, 2.05) is 30.3 Å². The molecule has 0 radical (unpaired) electrons. The van der Waals surface area contributed by atoms with E-state index >= 15 is 0 Å². The first kappa shape index (κ1) is 15.9. The van der Waals surface area contributed by atoms with Crippen LogP contribution < -0.4 is 10.5 Å². The summed E-state index contributed by atoms with van der Waals surface area (Å²) in [7, 11) is 0. The lowest BCUT2D eigenvalue weighted by atomic mass is 10.0. The van der Waals surface area contributed by atoms with Gasteiger partial charge in [-0.2, -0.15) is 0 Å². The minimum absolute atomic E-state index is 0.197. The summed E-state index contributed by atoms with van der Waals surface area (Å²) in [5, 5.41) is 0.785. The molecule has 2 N–H and O–H groups in total. The highest BCUT2D eigenvalue weighted by atomic mass is 35.5. The van der Waals surface area contributed by atoms with Gasteiger partial charge < -0.3 is 10.5 Å². The van der Waals surface area contributed by atoms with E-state index in [-0.39, 0.29) is 6.04 Å². The van der Waals surface area contributed by atoms with Crippen molar-refractivity contribution in [2.75, 3.05) is 0 Å². The molecule has 2 rings (SSSR count). The average Bonchev–Trinajstić information content (AvgIpc) is 2.49. The topological polar surface area (TPSA) is 35.2 Å². The van der Waals surface area contributed by atoms with Gasteiger partial charge in [0.2, 0.25) is 0 Å². The number of benzene rings is 2. The molecule has 0 aliphatic heterocycles. The van der Waals surface area contributed by atoms with Crippen LogP contribution in [0.3, 0.4) is 0 Å². The molecule has 0 aliphatic carbocycles. The first-order valence-corrected chi connectivity index (χ1v) is 7.81. The van der Waals surface area contributed by atoms with Crippen LogP contribution in [0.25, 0.3) is 0 Å². The Bertz CT molecular complexity index is 598. The predicted octanol–water partition coefficient (Wildman–Crippen LogP) is 4.97. The second-order valence-electron chi connectivity index (χ2n) is 5.23. The van der Waals surface area contributed by atoms with Gasteiger partial charge in [0.25, 0.3) is 0 Å². The Balaban J connectivity index is 2.14. The molecule has 0 heterocycles. The number of hydrogen-bond donors (Lipinski definition) is 1. The highest BCUT2D eigenvalue weighted by molar-refractivity contribution is 6.31. The van der Waals surface area contributed by atoms with Crippen molar-refractivity contribution in [3.63, 3.8) is 0 Å². The Morgan fingerprint density at radius 2 is 1.86 bits per heavy atom. The Morgan fingerprint density at radius 3 is 2.57 bits per heavy atom. The molecule has 0 spiro atoms. The zero-order chi connectivity index (χ0) is 15.2. The van der Waals surface area contributed by atoms with E-state index in [2.05, 4.69) is 26.0 Å². The lowest BCUT2D eigenvalue weighted by Gasteiger charge is -2.12. The zero-order valence-corrected chi connectivity index (χ0v) is 13.4. The van der Waals surface area contributed by atoms with Gasteiger partial charge >= 0.3 is 0 Å². The van der Waals surface area contributed by atoms with Gasteiger partial charge in [-0.3, -0.25) is 0 Å². The average molecular weight is 304 g/mol. The van der Waals surface area contributed by atoms with Gasteiger partial charge in [0.15, 0.2) is 0 Å². The lowest BCUT2D eigenvalue weighted by molar-refractivity contribution is 0.481. The van der Waals surface area contributed by atoms with E-state index in [9.17, 15) is 0 Å². The molecule has 3 heteroatoms. The summed E-state index contributed by atoms with van der Waals surface area (Å²) in [5.41, 5.74) is 8.30. The molecule has 0 fully saturated rings. The van der Waals surface area contributed by atoms with Gasteiger partial charge in [0, 0.05) is 11.1 Å². The number of aryl methyl sites for hydroxylation is 1. The van der Waals surface area contributed by atoms with E-state index in [1.165, 1.54) is 5.56 Å². The third kappa shape index (κ3) is 4.48. The minimum Gasteiger partial charge on any atom is -0.457 e. The van der Waals surface area contributed by atoms with Crippen LogP contribution in [0.2, 0.25) is 5.02 Å². The molecule has 21 heavy (non-hydrogen) atoms. The molecule has 1 unspecified atom stereocenters. The van der Waals surface area contributed by atoms with Crippen LogP contribution in [0.4, 0.5) is 0 Å². The molecule has 2 nitrogen and oxygen atoms in total. The number of hydrogen-bond acceptors (Lipinski definition) is 2. The van der Waals surface area contributed by atoms with E-state index < -0.39 is 0 Å². The predicted molar refractivity (Wildman–Crippen MR) is 89.3 cm³/mol. The van der Waals surface area contributed by atoms with Crippen LogP contribution in [-0.2, 0) is 12.8 Å². The van der Waals surface area contributed by atoms with Crippen LogP contribution in [0.1, 0.15) is 31.4 Å². The third-order valence-corrected chi connectivity index (χ3v) is 3.92. The molecule has 112 valence electrons. The Labute approximate surface area is 131 Å². The van der Waals surface area contributed by atoms with E-state index in [0.29, 0.717) is 0 Å². The summed E-state index contributed by atoms with van der Waals surface area (Å²) >= 11 is 6.13. The standard InChI is InChI=1S/C18H22ClNO/c1-3-14-12-17(8-9-18(14)19)21-16-7-5-6-13(11-16)10-15(20)4-2/h5-9,11-12,15H,3-4,10,20H2,1-2H3. The van der Waals surface area contributed by atoms with Crippen molar-refractivity contribution in [3.8, 4) is 11.5 Å². The Morgan fingerprint density at radius 1 is 1.10 bits per heavy atom. The SMILES string of the molecule is CCc1cc(Oc2cccc(CC(N)CC)c2)ccc1Cl. The van der Waals surface area contributed by atoms with Crippen LogP contribution in [-0.4, -0.2) is 6.04 Å². The fourth-order valence-electron chi connectivity index (χ4n) is 2.20. The maximum Gasteiger partial charge on any atom is 0.127 e. The first-order chi connectivity index (χ1) is 10.1. The van der Waals surface area contributed by atoms with Crippen molar-refractivity contribution in [1.82, 2.24) is 0 Å². The maximum absolute atomic E-state index is 6.13. The monoisotopic (exact) mass is 303 g/mol. The highest BCUT2D eigenvalue weighted by Gasteiger charge is 2.05. The molecule has 0 saturated carbocycles. The van der Waals surface area contributed by atoms with E-state index in [4.69, 9.17) is 22.1 Å². The van der Waals surface area contributed by atoms with Crippen LogP contribution in [0.15, 0.2) is 42.5 Å². The summed E-state index contributed by atoms with van der Waals surface area (Å²) < 4.78 is 5.93. The third-order valence-electron chi connectivity index (χ3n) is 3.55. The molecule has 2 aromatic rings. The number of ether oxygens (including phenoxy) is 1. The molecule has 0 aromatic heterocycles. The van der Waals surface area contributed by atoms with Gasteiger partial charge in [-0.25, -0.2) is 0 Å². The van der Waals surface area contributed by atoms with Crippen molar-refractivity contribution >= 4 is 11.6 Å². The van der Waals surface area contributed by atoms with E-state index in [0.717, 1.165) is 41.3 Å². The van der Waals surface area contributed by atoms with Gasteiger partial charge in [-0.15, -0.1) is 0 Å². The van der Waals surface area contributed by atoms with Crippen LogP contribution in [0.5, 0.6) is 11.5 Å². The van der Waals surface area contributed by atoms with Crippen molar-refractivity contribution < 1.29 is 4.74 Å². The summed E-state index contributed by atoms with van der Waals surface area (Å²) in [6, 6.07) is 14.1. The molecule has 0 bridgehead atoms. The minimum atomic E-state index is 0.197. The van der Waals surface area contributed by atoms with Gasteiger partial charge in [0.1, 0.15) is 11.5 Å². The van der Waals surface area contributed by atoms with Crippen LogP contribution in [0, 0.1) is 0 Å². The molecule has 2 aromatic carbocycles. The molecular formula is C18H22ClNO. The Kier molecular flexibility index (Phi) is 5.66.